The van der Waals surface area contributed by atoms with E-state index in [2.05, 4.69) is 20.3 Å². The minimum absolute atomic E-state index is 0.0192. The lowest BCUT2D eigenvalue weighted by atomic mass is 10.1. The smallest absolute Gasteiger partial charge is 0.225 e. The number of aryl methyl sites for hydroxylation is 2. The van der Waals surface area contributed by atoms with Crippen molar-refractivity contribution in [3.63, 3.8) is 0 Å². The van der Waals surface area contributed by atoms with Crippen molar-refractivity contribution in [2.75, 3.05) is 11.1 Å². The number of carbonyl (C=O) groups is 1. The third-order valence-corrected chi connectivity index (χ3v) is 5.59. The zero-order valence-electron chi connectivity index (χ0n) is 13.8. The Bertz CT molecular complexity index is 1040. The zero-order chi connectivity index (χ0) is 18.0. The van der Waals surface area contributed by atoms with Gasteiger partial charge in [0.1, 0.15) is 5.52 Å². The van der Waals surface area contributed by atoms with Crippen LogP contribution >= 0.6 is 0 Å². The SMILES string of the molecule is Cc1ccc(C)c(NC(=O)CCS(=O)(=O)c2cccc3nonc23)c1. The van der Waals surface area contributed by atoms with Crippen LogP contribution in [0.4, 0.5) is 5.69 Å². The summed E-state index contributed by atoms with van der Waals surface area (Å²) in [5.74, 6) is -0.682. The number of anilines is 1. The molecule has 0 saturated heterocycles. The maximum atomic E-state index is 12.5. The molecule has 0 saturated carbocycles. The Hall–Kier alpha value is -2.74. The number of nitrogens with one attached hydrogen (secondary N) is 1. The third-order valence-electron chi connectivity index (χ3n) is 3.85. The number of rotatable bonds is 5. The maximum Gasteiger partial charge on any atom is 0.225 e. The van der Waals surface area contributed by atoms with Gasteiger partial charge >= 0.3 is 0 Å². The van der Waals surface area contributed by atoms with Gasteiger partial charge in [-0.1, -0.05) is 18.2 Å². The van der Waals surface area contributed by atoms with Gasteiger partial charge in [-0.2, -0.15) is 0 Å². The fourth-order valence-corrected chi connectivity index (χ4v) is 3.85. The van der Waals surface area contributed by atoms with Crippen molar-refractivity contribution in [1.82, 2.24) is 10.3 Å². The normalized spacial score (nSPS) is 11.6. The van der Waals surface area contributed by atoms with Gasteiger partial charge in [0.2, 0.25) is 5.91 Å². The lowest BCUT2D eigenvalue weighted by molar-refractivity contribution is -0.115. The van der Waals surface area contributed by atoms with Gasteiger partial charge in [-0.15, -0.1) is 0 Å². The number of aromatic nitrogens is 2. The molecule has 25 heavy (non-hydrogen) atoms. The van der Waals surface area contributed by atoms with Crippen LogP contribution in [0.2, 0.25) is 0 Å². The number of amides is 1. The molecule has 130 valence electrons. The number of sulfone groups is 1. The number of nitrogens with zero attached hydrogens (tertiary/aromatic N) is 2. The van der Waals surface area contributed by atoms with Crippen LogP contribution in [0, 0.1) is 13.8 Å². The summed E-state index contributed by atoms with van der Waals surface area (Å²) in [5.41, 5.74) is 3.16. The molecule has 0 radical (unpaired) electrons. The Morgan fingerprint density at radius 1 is 1.16 bits per heavy atom. The first kappa shape index (κ1) is 17.1. The lowest BCUT2D eigenvalue weighted by Gasteiger charge is -2.09. The summed E-state index contributed by atoms with van der Waals surface area (Å²) in [7, 11) is -3.69. The second-order valence-electron chi connectivity index (χ2n) is 5.82. The Morgan fingerprint density at radius 2 is 1.96 bits per heavy atom. The molecule has 3 rings (SSSR count). The first-order chi connectivity index (χ1) is 11.9. The highest BCUT2D eigenvalue weighted by Crippen LogP contribution is 2.22. The van der Waals surface area contributed by atoms with Gasteiger partial charge in [0.15, 0.2) is 15.4 Å². The third kappa shape index (κ3) is 3.69. The predicted molar refractivity (Wildman–Crippen MR) is 93.0 cm³/mol. The molecule has 1 aromatic heterocycles. The van der Waals surface area contributed by atoms with E-state index in [1.165, 1.54) is 6.07 Å². The predicted octanol–water partition coefficient (Wildman–Crippen LogP) is 2.64. The highest BCUT2D eigenvalue weighted by atomic mass is 32.2. The largest absolute Gasteiger partial charge is 0.326 e. The van der Waals surface area contributed by atoms with Crippen molar-refractivity contribution in [3.8, 4) is 0 Å². The van der Waals surface area contributed by atoms with E-state index < -0.39 is 9.84 Å². The number of hydrogen-bond acceptors (Lipinski definition) is 6. The number of hydrogen-bond donors (Lipinski definition) is 1. The summed E-state index contributed by atoms with van der Waals surface area (Å²) < 4.78 is 29.7. The molecular formula is C17H17N3O4S. The maximum absolute atomic E-state index is 12.5. The van der Waals surface area contributed by atoms with Crippen LogP contribution in [0.25, 0.3) is 11.0 Å². The molecule has 2 aromatic carbocycles. The summed E-state index contributed by atoms with van der Waals surface area (Å²) in [6.07, 6.45) is -0.155. The van der Waals surface area contributed by atoms with Gasteiger partial charge in [-0.25, -0.2) is 13.0 Å². The van der Waals surface area contributed by atoms with Crippen LogP contribution in [-0.2, 0) is 14.6 Å². The van der Waals surface area contributed by atoms with Crippen LogP contribution in [0.1, 0.15) is 17.5 Å². The second kappa shape index (κ2) is 6.64. The molecule has 0 spiro atoms. The molecule has 0 aliphatic carbocycles. The number of benzene rings is 2. The summed E-state index contributed by atoms with van der Waals surface area (Å²) in [5, 5.41) is 10.0. The van der Waals surface area contributed by atoms with Crippen molar-refractivity contribution in [1.29, 1.82) is 0 Å². The van der Waals surface area contributed by atoms with Crippen LogP contribution in [0.3, 0.4) is 0 Å². The molecule has 0 aliphatic heterocycles. The molecule has 0 fully saturated rings. The Balaban J connectivity index is 1.73. The molecule has 0 atom stereocenters. The van der Waals surface area contributed by atoms with Gasteiger partial charge in [0.05, 0.1) is 10.6 Å². The van der Waals surface area contributed by atoms with Crippen molar-refractivity contribution < 1.29 is 17.8 Å². The summed E-state index contributed by atoms with van der Waals surface area (Å²) in [6.45, 7) is 3.80. The van der Waals surface area contributed by atoms with Crippen LogP contribution in [-0.4, -0.2) is 30.4 Å². The average molecular weight is 359 g/mol. The fourth-order valence-electron chi connectivity index (χ4n) is 2.45. The van der Waals surface area contributed by atoms with Crippen LogP contribution < -0.4 is 5.32 Å². The van der Waals surface area contributed by atoms with Gasteiger partial charge in [0.25, 0.3) is 0 Å². The van der Waals surface area contributed by atoms with Crippen molar-refractivity contribution >= 4 is 32.5 Å². The standard InChI is InChI=1S/C17H17N3O4S/c1-11-6-7-12(2)14(10-11)18-16(21)8-9-25(22,23)15-5-3-4-13-17(15)20-24-19-13/h3-7,10H,8-9H2,1-2H3,(H,18,21). The van der Waals surface area contributed by atoms with E-state index in [0.717, 1.165) is 11.1 Å². The molecule has 0 unspecified atom stereocenters. The van der Waals surface area contributed by atoms with Gasteiger partial charge in [-0.05, 0) is 53.5 Å². The van der Waals surface area contributed by atoms with E-state index in [9.17, 15) is 13.2 Å². The quantitative estimate of drug-likeness (QED) is 0.751. The Kier molecular flexibility index (Phi) is 4.54. The first-order valence-corrected chi connectivity index (χ1v) is 9.33. The topological polar surface area (TPSA) is 102 Å². The lowest BCUT2D eigenvalue weighted by Crippen LogP contribution is -2.18. The number of fused-ring (bicyclic) bond motifs is 1. The summed E-state index contributed by atoms with van der Waals surface area (Å²) in [6, 6.07) is 10.3. The first-order valence-electron chi connectivity index (χ1n) is 7.68. The van der Waals surface area contributed by atoms with Crippen molar-refractivity contribution in [2.24, 2.45) is 0 Å². The molecular weight excluding hydrogens is 342 g/mol. The fraction of sp³-hybridized carbons (Fsp3) is 0.235. The molecule has 1 N–H and O–H groups in total. The molecule has 0 aliphatic rings. The summed E-state index contributed by atoms with van der Waals surface area (Å²) >= 11 is 0. The molecule has 1 heterocycles. The average Bonchev–Trinajstić information content (AvgIpc) is 3.05. The summed E-state index contributed by atoms with van der Waals surface area (Å²) in [4.78, 5) is 12.2. The van der Waals surface area contributed by atoms with E-state index in [4.69, 9.17) is 0 Å². The van der Waals surface area contributed by atoms with Gasteiger partial charge < -0.3 is 5.32 Å². The van der Waals surface area contributed by atoms with Crippen molar-refractivity contribution in [2.45, 2.75) is 25.2 Å². The molecule has 7 nitrogen and oxygen atoms in total. The Morgan fingerprint density at radius 3 is 2.76 bits per heavy atom. The van der Waals surface area contributed by atoms with Crippen LogP contribution in [0.5, 0.6) is 0 Å². The molecule has 3 aromatic rings. The van der Waals surface area contributed by atoms with Gasteiger partial charge in [-0.3, -0.25) is 4.79 Å². The highest BCUT2D eigenvalue weighted by molar-refractivity contribution is 7.91. The van der Waals surface area contributed by atoms with E-state index >= 15 is 0 Å². The van der Waals surface area contributed by atoms with E-state index in [1.807, 2.05) is 32.0 Å². The minimum Gasteiger partial charge on any atom is -0.326 e. The van der Waals surface area contributed by atoms with E-state index in [1.54, 1.807) is 12.1 Å². The second-order valence-corrected chi connectivity index (χ2v) is 7.90. The minimum atomic E-state index is -3.69. The molecule has 0 bridgehead atoms. The van der Waals surface area contributed by atoms with Gasteiger partial charge in [0, 0.05) is 12.1 Å². The van der Waals surface area contributed by atoms with Crippen molar-refractivity contribution in [3.05, 3.63) is 47.5 Å². The Labute approximate surface area is 144 Å². The molecule has 1 amide bonds. The molecule has 8 heteroatoms. The monoisotopic (exact) mass is 359 g/mol. The number of carbonyl (C=O) groups excluding carboxylic acids is 1. The highest BCUT2D eigenvalue weighted by Gasteiger charge is 2.21. The van der Waals surface area contributed by atoms with E-state index in [0.29, 0.717) is 11.2 Å². The zero-order valence-corrected chi connectivity index (χ0v) is 14.6. The van der Waals surface area contributed by atoms with E-state index in [-0.39, 0.29) is 28.5 Å². The van der Waals surface area contributed by atoms with Crippen LogP contribution in [0.15, 0.2) is 45.9 Å².